The number of Topliss-reactive ketones (excluding diaryl/α,β-unsaturated/α-hetero) is 2. The van der Waals surface area contributed by atoms with Crippen LogP contribution in [-0.2, 0) is 28.4 Å². The van der Waals surface area contributed by atoms with Crippen LogP contribution in [0.1, 0.15) is 53.0 Å². The third-order valence-electron chi connectivity index (χ3n) is 6.31. The smallest absolute Gasteiger partial charge is 0.345 e. The first-order chi connectivity index (χ1) is 14.7. The molecule has 2 rings (SSSR count). The minimum Gasteiger partial charge on any atom is -0.464 e. The summed E-state index contributed by atoms with van der Waals surface area (Å²) in [4.78, 5) is 44.2. The number of hydrogen-bond donors (Lipinski definition) is 0. The van der Waals surface area contributed by atoms with Crippen LogP contribution < -0.4 is 0 Å². The van der Waals surface area contributed by atoms with Gasteiger partial charge in [-0.2, -0.15) is 0 Å². The van der Waals surface area contributed by atoms with Crippen molar-refractivity contribution >= 4 is 31.6 Å². The first-order valence-corrected chi connectivity index (χ1v) is 13.6. The van der Waals surface area contributed by atoms with Crippen molar-refractivity contribution < 1.29 is 33.3 Å². The summed E-state index contributed by atoms with van der Waals surface area (Å²) in [6.45, 7) is 14.0. The second kappa shape index (κ2) is 9.15. The van der Waals surface area contributed by atoms with Crippen LogP contribution in [0.4, 0.5) is 0 Å². The van der Waals surface area contributed by atoms with E-state index in [0.717, 1.165) is 0 Å². The van der Waals surface area contributed by atoms with Crippen LogP contribution in [-0.4, -0.2) is 54.8 Å². The molecule has 0 saturated carbocycles. The first-order valence-electron chi connectivity index (χ1n) is 10.6. The van der Waals surface area contributed by atoms with Gasteiger partial charge in [0.15, 0.2) is 19.9 Å². The lowest BCUT2D eigenvalue weighted by atomic mass is 9.73. The number of benzene rings is 1. The van der Waals surface area contributed by atoms with Gasteiger partial charge in [0.05, 0.1) is 6.61 Å². The lowest BCUT2D eigenvalue weighted by Gasteiger charge is -2.38. The van der Waals surface area contributed by atoms with E-state index in [1.165, 1.54) is 13.8 Å². The molecule has 0 bridgehead atoms. The molecule has 1 aromatic carbocycles. The van der Waals surface area contributed by atoms with E-state index in [9.17, 15) is 19.6 Å². The number of esters is 1. The van der Waals surface area contributed by atoms with Gasteiger partial charge in [-0.3, -0.25) is 14.8 Å². The standard InChI is InChI=1S/C23H33NO7Si/c1-9-29-21(27)20(30-32(7,8)22(4,5)6)19-18(17-13-11-10-12-14-17)23(15(2)25,16(3)26)31-24(19)28/h10-14,18,20H,9H2,1-8H3/t18-,20+/m1/s1. The lowest BCUT2D eigenvalue weighted by molar-refractivity contribution is -0.744. The molecule has 32 heavy (non-hydrogen) atoms. The number of hydrogen-bond acceptors (Lipinski definition) is 7. The van der Waals surface area contributed by atoms with E-state index >= 15 is 0 Å². The minimum atomic E-state index is -2.60. The van der Waals surface area contributed by atoms with Crippen molar-refractivity contribution in [2.45, 2.75) is 77.3 Å². The van der Waals surface area contributed by atoms with Gasteiger partial charge in [0.1, 0.15) is 5.92 Å². The topological polar surface area (TPSA) is 105 Å². The van der Waals surface area contributed by atoms with E-state index in [2.05, 4.69) is 0 Å². The first kappa shape index (κ1) is 25.7. The predicted octanol–water partition coefficient (Wildman–Crippen LogP) is 3.54. The Morgan fingerprint density at radius 1 is 1.16 bits per heavy atom. The number of nitrogens with zero attached hydrogens (tertiary/aromatic N) is 1. The molecule has 0 saturated heterocycles. The van der Waals surface area contributed by atoms with Crippen LogP contribution in [0.3, 0.4) is 0 Å². The zero-order valence-corrected chi connectivity index (χ0v) is 21.1. The monoisotopic (exact) mass is 463 g/mol. The highest BCUT2D eigenvalue weighted by Gasteiger charge is 2.63. The molecule has 1 heterocycles. The SMILES string of the molecule is CCOC(=O)[C@@H](O[Si](C)(C)C(C)(C)C)C1=[N+]([O-])OC(C(C)=O)(C(C)=O)[C@@H]1c1ccccc1. The second-order valence-corrected chi connectivity index (χ2v) is 14.2. The van der Waals surface area contributed by atoms with Crippen LogP contribution >= 0.6 is 0 Å². The van der Waals surface area contributed by atoms with E-state index in [4.69, 9.17) is 14.0 Å². The Morgan fingerprint density at radius 3 is 2.12 bits per heavy atom. The normalized spacial score (nSPS) is 19.3. The molecule has 0 amide bonds. The Bertz CT molecular complexity index is 904. The van der Waals surface area contributed by atoms with E-state index in [1.54, 1.807) is 37.3 Å². The minimum absolute atomic E-state index is 0.0732. The van der Waals surface area contributed by atoms with E-state index in [-0.39, 0.29) is 22.3 Å². The molecule has 1 aliphatic heterocycles. The third-order valence-corrected chi connectivity index (χ3v) is 10.7. The van der Waals surface area contributed by atoms with Crippen molar-refractivity contribution in [3.8, 4) is 0 Å². The van der Waals surface area contributed by atoms with Crippen molar-refractivity contribution in [1.82, 2.24) is 0 Å². The zero-order valence-electron chi connectivity index (χ0n) is 20.1. The van der Waals surface area contributed by atoms with Crippen molar-refractivity contribution in [1.29, 1.82) is 0 Å². The van der Waals surface area contributed by atoms with E-state index in [0.29, 0.717) is 5.56 Å². The predicted molar refractivity (Wildman–Crippen MR) is 122 cm³/mol. The zero-order chi connectivity index (χ0) is 24.5. The highest BCUT2D eigenvalue weighted by atomic mass is 28.4. The Hall–Kier alpha value is -2.52. The van der Waals surface area contributed by atoms with Crippen LogP contribution in [0, 0.1) is 5.21 Å². The van der Waals surface area contributed by atoms with Crippen LogP contribution in [0.2, 0.25) is 18.1 Å². The van der Waals surface area contributed by atoms with Gasteiger partial charge in [-0.1, -0.05) is 51.1 Å². The maximum absolute atomic E-state index is 13.1. The molecule has 0 N–H and O–H groups in total. The number of rotatable bonds is 8. The molecule has 0 spiro atoms. The lowest BCUT2D eigenvalue weighted by Crippen LogP contribution is -2.54. The van der Waals surface area contributed by atoms with Gasteiger partial charge in [-0.25, -0.2) is 4.79 Å². The number of ketones is 2. The summed E-state index contributed by atoms with van der Waals surface area (Å²) in [6.07, 6.45) is -1.43. The molecule has 0 fully saturated rings. The summed E-state index contributed by atoms with van der Waals surface area (Å²) < 4.78 is 11.6. The van der Waals surface area contributed by atoms with Crippen LogP contribution in [0.15, 0.2) is 30.3 Å². The second-order valence-electron chi connectivity index (χ2n) is 9.48. The number of ether oxygens (including phenoxy) is 1. The third kappa shape index (κ3) is 4.49. The van der Waals surface area contributed by atoms with Crippen molar-refractivity contribution in [3.05, 3.63) is 41.1 Å². The van der Waals surface area contributed by atoms with Gasteiger partial charge in [0.25, 0.3) is 5.71 Å². The summed E-state index contributed by atoms with van der Waals surface area (Å²) in [6, 6.07) is 8.58. The van der Waals surface area contributed by atoms with Gasteiger partial charge in [0.2, 0.25) is 11.7 Å². The summed E-state index contributed by atoms with van der Waals surface area (Å²) >= 11 is 0. The van der Waals surface area contributed by atoms with Crippen molar-refractivity contribution in [2.75, 3.05) is 6.61 Å². The van der Waals surface area contributed by atoms with Crippen LogP contribution in [0.25, 0.3) is 0 Å². The van der Waals surface area contributed by atoms with Crippen LogP contribution in [0.5, 0.6) is 0 Å². The summed E-state index contributed by atoms with van der Waals surface area (Å²) in [5.41, 5.74) is -1.77. The van der Waals surface area contributed by atoms with Gasteiger partial charge >= 0.3 is 5.97 Å². The van der Waals surface area contributed by atoms with E-state index < -0.39 is 43.5 Å². The summed E-state index contributed by atoms with van der Waals surface area (Å²) in [7, 11) is -2.60. The highest BCUT2D eigenvalue weighted by Crippen LogP contribution is 2.43. The van der Waals surface area contributed by atoms with Gasteiger partial charge in [-0.15, -0.1) is 0 Å². The molecular formula is C23H33NO7Si. The molecular weight excluding hydrogens is 430 g/mol. The maximum atomic E-state index is 13.1. The summed E-state index contributed by atoms with van der Waals surface area (Å²) in [5, 5.41) is 12.9. The molecule has 0 unspecified atom stereocenters. The molecule has 8 nitrogen and oxygen atoms in total. The average molecular weight is 464 g/mol. The number of carbonyl (C=O) groups excluding carboxylic acids is 3. The van der Waals surface area contributed by atoms with Gasteiger partial charge < -0.3 is 14.0 Å². The molecule has 176 valence electrons. The number of carbonyl (C=O) groups is 3. The molecule has 1 aromatic rings. The molecule has 1 aliphatic rings. The fourth-order valence-electron chi connectivity index (χ4n) is 3.55. The Morgan fingerprint density at radius 2 is 1.69 bits per heavy atom. The summed E-state index contributed by atoms with van der Waals surface area (Å²) in [5.74, 6) is -3.18. The Balaban J connectivity index is 2.77. The molecule has 0 aromatic heterocycles. The molecule has 9 heteroatoms. The van der Waals surface area contributed by atoms with Crippen molar-refractivity contribution in [3.63, 3.8) is 0 Å². The Labute approximate surface area is 190 Å². The largest absolute Gasteiger partial charge is 0.464 e. The molecule has 0 radical (unpaired) electrons. The maximum Gasteiger partial charge on any atom is 0.345 e. The van der Waals surface area contributed by atoms with Gasteiger partial charge in [0, 0.05) is 4.90 Å². The van der Waals surface area contributed by atoms with E-state index in [1.807, 2.05) is 33.9 Å². The van der Waals surface area contributed by atoms with Gasteiger partial charge in [-0.05, 0) is 44.5 Å². The Kier molecular flexibility index (Phi) is 7.36. The fourth-order valence-corrected chi connectivity index (χ4v) is 4.71. The average Bonchev–Trinajstić information content (AvgIpc) is 3.00. The molecule has 2 atom stereocenters. The fraction of sp³-hybridized carbons (Fsp3) is 0.565. The highest BCUT2D eigenvalue weighted by molar-refractivity contribution is 6.74. The van der Waals surface area contributed by atoms with Crippen molar-refractivity contribution in [2.24, 2.45) is 0 Å². The molecule has 0 aliphatic carbocycles. The quantitative estimate of drug-likeness (QED) is 0.251.